The first-order valence-electron chi connectivity index (χ1n) is 6.83. The van der Waals surface area contributed by atoms with Crippen LogP contribution in [0.1, 0.15) is 40.8 Å². The second kappa shape index (κ2) is 6.11. The zero-order valence-corrected chi connectivity index (χ0v) is 12.4. The first-order chi connectivity index (χ1) is 10.0. The van der Waals surface area contributed by atoms with Gasteiger partial charge in [0.1, 0.15) is 12.1 Å². The minimum absolute atomic E-state index is 0.130. The fourth-order valence-corrected chi connectivity index (χ4v) is 2.46. The molecule has 1 N–H and O–H groups in total. The van der Waals surface area contributed by atoms with Gasteiger partial charge in [0.2, 0.25) is 0 Å². The van der Waals surface area contributed by atoms with Gasteiger partial charge in [-0.15, -0.1) is 0 Å². The molecule has 2 rings (SSSR count). The molecule has 0 aromatic heterocycles. The minimum Gasteiger partial charge on any atom is -0.378 e. The van der Waals surface area contributed by atoms with Gasteiger partial charge in [-0.3, -0.25) is 0 Å². The lowest BCUT2D eigenvalue weighted by Crippen LogP contribution is -2.08. The fraction of sp³-hybridized carbons (Fsp3) is 0.222. The highest BCUT2D eigenvalue weighted by molar-refractivity contribution is 5.57. The molecule has 0 aliphatic rings. The van der Waals surface area contributed by atoms with Crippen molar-refractivity contribution in [2.24, 2.45) is 0 Å². The maximum atomic E-state index is 9.07. The van der Waals surface area contributed by atoms with E-state index < -0.39 is 0 Å². The zero-order chi connectivity index (χ0) is 15.4. The van der Waals surface area contributed by atoms with Gasteiger partial charge < -0.3 is 5.32 Å². The quantitative estimate of drug-likeness (QED) is 0.912. The molecule has 0 saturated carbocycles. The van der Waals surface area contributed by atoms with Crippen molar-refractivity contribution in [2.75, 3.05) is 5.32 Å². The predicted molar refractivity (Wildman–Crippen MR) is 83.8 cm³/mol. The van der Waals surface area contributed by atoms with Gasteiger partial charge in [0.05, 0.1) is 11.1 Å². The molecule has 2 aromatic rings. The summed E-state index contributed by atoms with van der Waals surface area (Å²) in [6, 6.07) is 15.8. The van der Waals surface area contributed by atoms with Gasteiger partial charge in [-0.1, -0.05) is 23.8 Å². The molecule has 0 radical (unpaired) electrons. The normalized spacial score (nSPS) is 11.3. The number of nitriles is 2. The number of benzene rings is 2. The summed E-state index contributed by atoms with van der Waals surface area (Å²) in [4.78, 5) is 0. The van der Waals surface area contributed by atoms with Gasteiger partial charge in [-0.2, -0.15) is 10.5 Å². The van der Waals surface area contributed by atoms with E-state index in [0.717, 1.165) is 5.69 Å². The highest BCUT2D eigenvalue weighted by Crippen LogP contribution is 2.24. The molecule has 1 atom stereocenters. The fourth-order valence-electron chi connectivity index (χ4n) is 2.46. The van der Waals surface area contributed by atoms with E-state index in [2.05, 4.69) is 50.4 Å². The van der Waals surface area contributed by atoms with Crippen molar-refractivity contribution in [3.8, 4) is 12.1 Å². The van der Waals surface area contributed by atoms with Crippen molar-refractivity contribution in [1.82, 2.24) is 0 Å². The van der Waals surface area contributed by atoms with Crippen LogP contribution in [-0.4, -0.2) is 0 Å². The van der Waals surface area contributed by atoms with Crippen LogP contribution >= 0.6 is 0 Å². The van der Waals surface area contributed by atoms with Crippen LogP contribution < -0.4 is 5.32 Å². The second-order valence-corrected chi connectivity index (χ2v) is 5.21. The van der Waals surface area contributed by atoms with E-state index in [4.69, 9.17) is 10.5 Å². The van der Waals surface area contributed by atoms with Crippen molar-refractivity contribution >= 4 is 5.69 Å². The molecule has 0 amide bonds. The van der Waals surface area contributed by atoms with Crippen LogP contribution in [0.5, 0.6) is 0 Å². The summed E-state index contributed by atoms with van der Waals surface area (Å²) in [6.45, 7) is 6.26. The van der Waals surface area contributed by atoms with Crippen LogP contribution in [0.25, 0.3) is 0 Å². The molecule has 0 saturated heterocycles. The topological polar surface area (TPSA) is 59.6 Å². The van der Waals surface area contributed by atoms with E-state index in [9.17, 15) is 0 Å². The van der Waals surface area contributed by atoms with Gasteiger partial charge in [0.15, 0.2) is 0 Å². The van der Waals surface area contributed by atoms with Crippen molar-refractivity contribution in [3.05, 3.63) is 64.2 Å². The average molecular weight is 275 g/mol. The summed E-state index contributed by atoms with van der Waals surface area (Å²) < 4.78 is 0. The van der Waals surface area contributed by atoms with Crippen LogP contribution in [0, 0.1) is 36.5 Å². The summed E-state index contributed by atoms with van der Waals surface area (Å²) >= 11 is 0. The van der Waals surface area contributed by atoms with E-state index in [1.165, 1.54) is 16.7 Å². The SMILES string of the molecule is Cc1ccc(C(C)Nc2ccc(C#N)c(C#N)c2)c(C)c1. The number of nitrogens with zero attached hydrogens (tertiary/aromatic N) is 2. The Morgan fingerprint density at radius 3 is 2.29 bits per heavy atom. The predicted octanol–water partition coefficient (Wildman–Crippen LogP) is 4.22. The molecule has 0 aliphatic heterocycles. The molecule has 3 heteroatoms. The van der Waals surface area contributed by atoms with Crippen molar-refractivity contribution in [1.29, 1.82) is 10.5 Å². The van der Waals surface area contributed by atoms with Gasteiger partial charge in [-0.25, -0.2) is 0 Å². The molecule has 0 heterocycles. The lowest BCUT2D eigenvalue weighted by atomic mass is 10.00. The van der Waals surface area contributed by atoms with Gasteiger partial charge in [0.25, 0.3) is 0 Å². The summed E-state index contributed by atoms with van der Waals surface area (Å²) in [5.41, 5.74) is 5.36. The Hall–Kier alpha value is -2.78. The van der Waals surface area contributed by atoms with Crippen LogP contribution in [-0.2, 0) is 0 Å². The van der Waals surface area contributed by atoms with Crippen molar-refractivity contribution < 1.29 is 0 Å². The molecule has 21 heavy (non-hydrogen) atoms. The first kappa shape index (κ1) is 14.6. The molecule has 0 bridgehead atoms. The van der Waals surface area contributed by atoms with E-state index in [1.54, 1.807) is 12.1 Å². The lowest BCUT2D eigenvalue weighted by molar-refractivity contribution is 0.873. The number of hydrogen-bond acceptors (Lipinski definition) is 3. The molecule has 0 spiro atoms. The number of aryl methyl sites for hydroxylation is 2. The highest BCUT2D eigenvalue weighted by atomic mass is 14.9. The molecule has 0 fully saturated rings. The van der Waals surface area contributed by atoms with E-state index in [0.29, 0.717) is 11.1 Å². The Morgan fingerprint density at radius 1 is 0.952 bits per heavy atom. The van der Waals surface area contributed by atoms with Crippen molar-refractivity contribution in [3.63, 3.8) is 0 Å². The lowest BCUT2D eigenvalue weighted by Gasteiger charge is -2.18. The maximum Gasteiger partial charge on any atom is 0.101 e. The third-order valence-corrected chi connectivity index (χ3v) is 3.54. The Bertz CT molecular complexity index is 748. The summed E-state index contributed by atoms with van der Waals surface area (Å²) in [5.74, 6) is 0. The Labute approximate surface area is 125 Å². The van der Waals surface area contributed by atoms with Crippen molar-refractivity contribution in [2.45, 2.75) is 26.8 Å². The third kappa shape index (κ3) is 3.22. The van der Waals surface area contributed by atoms with Crippen LogP contribution in [0.4, 0.5) is 5.69 Å². The molecular formula is C18H17N3. The first-order valence-corrected chi connectivity index (χ1v) is 6.83. The molecular weight excluding hydrogens is 258 g/mol. The Balaban J connectivity index is 2.26. The molecule has 3 nitrogen and oxygen atoms in total. The maximum absolute atomic E-state index is 9.07. The average Bonchev–Trinajstić information content (AvgIpc) is 2.46. The number of anilines is 1. The molecule has 104 valence electrons. The van der Waals surface area contributed by atoms with Crippen LogP contribution in [0.15, 0.2) is 36.4 Å². The smallest absolute Gasteiger partial charge is 0.101 e. The zero-order valence-electron chi connectivity index (χ0n) is 12.4. The van der Waals surface area contributed by atoms with Gasteiger partial charge in [0, 0.05) is 11.7 Å². The standard InChI is InChI=1S/C18H17N3/c1-12-4-7-18(13(2)8-12)14(3)21-17-6-5-15(10-19)16(9-17)11-20/h4-9,14,21H,1-3H3. The van der Waals surface area contributed by atoms with E-state index in [-0.39, 0.29) is 6.04 Å². The third-order valence-electron chi connectivity index (χ3n) is 3.54. The summed E-state index contributed by atoms with van der Waals surface area (Å²) in [5, 5.41) is 21.4. The number of hydrogen-bond donors (Lipinski definition) is 1. The van der Waals surface area contributed by atoms with Gasteiger partial charge >= 0.3 is 0 Å². The van der Waals surface area contributed by atoms with Gasteiger partial charge in [-0.05, 0) is 50.1 Å². The monoisotopic (exact) mass is 275 g/mol. The largest absolute Gasteiger partial charge is 0.378 e. The van der Waals surface area contributed by atoms with Crippen LogP contribution in [0.3, 0.4) is 0 Å². The molecule has 0 aliphatic carbocycles. The molecule has 2 aromatic carbocycles. The number of nitrogens with one attached hydrogen (secondary N) is 1. The Morgan fingerprint density at radius 2 is 1.67 bits per heavy atom. The number of rotatable bonds is 3. The highest BCUT2D eigenvalue weighted by Gasteiger charge is 2.10. The second-order valence-electron chi connectivity index (χ2n) is 5.21. The minimum atomic E-state index is 0.130. The Kier molecular flexibility index (Phi) is 4.26. The summed E-state index contributed by atoms with van der Waals surface area (Å²) in [7, 11) is 0. The van der Waals surface area contributed by atoms with Crippen LogP contribution in [0.2, 0.25) is 0 Å². The molecule has 1 unspecified atom stereocenters. The van der Waals surface area contributed by atoms with E-state index >= 15 is 0 Å². The summed E-state index contributed by atoms with van der Waals surface area (Å²) in [6.07, 6.45) is 0. The van der Waals surface area contributed by atoms with E-state index in [1.807, 2.05) is 12.1 Å².